The Morgan fingerprint density at radius 2 is 1.79 bits per heavy atom. The number of benzene rings is 2. The van der Waals surface area contributed by atoms with Crippen LogP contribution >= 0.6 is 22.9 Å². The number of aromatic carboxylic acids is 1. The third-order valence-electron chi connectivity index (χ3n) is 4.23. The lowest BCUT2D eigenvalue weighted by Gasteiger charge is -2.05. The van der Waals surface area contributed by atoms with Crippen molar-refractivity contribution in [2.45, 2.75) is 0 Å². The number of hydrogen-bond acceptors (Lipinski definition) is 4. The van der Waals surface area contributed by atoms with E-state index in [1.165, 1.54) is 17.5 Å². The molecule has 0 aliphatic rings. The molecule has 0 spiro atoms. The molecule has 0 aliphatic heterocycles. The van der Waals surface area contributed by atoms with Crippen molar-refractivity contribution in [3.63, 3.8) is 0 Å². The summed E-state index contributed by atoms with van der Waals surface area (Å²) in [6.07, 6.45) is 3.03. The van der Waals surface area contributed by atoms with E-state index in [1.807, 2.05) is 30.3 Å². The Bertz CT molecular complexity index is 1180. The van der Waals surface area contributed by atoms with E-state index < -0.39 is 11.9 Å². The van der Waals surface area contributed by atoms with Gasteiger partial charge in [0, 0.05) is 16.6 Å². The number of nitrogens with one attached hydrogen (secondary N) is 1. The molecule has 29 heavy (non-hydrogen) atoms. The van der Waals surface area contributed by atoms with Gasteiger partial charge in [-0.05, 0) is 29.8 Å². The Labute approximate surface area is 175 Å². The minimum atomic E-state index is -1.12. The smallest absolute Gasteiger partial charge is 0.339 e. The molecule has 0 saturated heterocycles. The summed E-state index contributed by atoms with van der Waals surface area (Å²) in [4.78, 5) is 25.1. The molecule has 0 bridgehead atoms. The second-order valence-electron chi connectivity index (χ2n) is 6.13. The van der Waals surface area contributed by atoms with Crippen molar-refractivity contribution in [3.05, 3.63) is 88.5 Å². The molecule has 1 amide bonds. The van der Waals surface area contributed by atoms with Gasteiger partial charge in [-0.3, -0.25) is 4.79 Å². The van der Waals surface area contributed by atoms with E-state index in [4.69, 9.17) is 11.6 Å². The van der Waals surface area contributed by atoms with Crippen LogP contribution in [0.25, 0.3) is 16.1 Å². The SMILES string of the molecule is O=C(Nc1csc(-c2ccc(Cl)cc2)c1C(=O)O)c1cnn(-c2ccccc2)c1. The third kappa shape index (κ3) is 3.91. The zero-order valence-corrected chi connectivity index (χ0v) is 16.4. The Morgan fingerprint density at radius 1 is 1.07 bits per heavy atom. The van der Waals surface area contributed by atoms with Crippen molar-refractivity contribution < 1.29 is 14.7 Å². The van der Waals surface area contributed by atoms with Gasteiger partial charge in [-0.1, -0.05) is 41.9 Å². The minimum absolute atomic E-state index is 0.0427. The largest absolute Gasteiger partial charge is 0.478 e. The lowest BCUT2D eigenvalue weighted by Crippen LogP contribution is -2.13. The van der Waals surface area contributed by atoms with Crippen molar-refractivity contribution in [1.29, 1.82) is 0 Å². The van der Waals surface area contributed by atoms with Gasteiger partial charge in [0.25, 0.3) is 5.91 Å². The number of para-hydroxylation sites is 1. The highest BCUT2D eigenvalue weighted by Gasteiger charge is 2.22. The van der Waals surface area contributed by atoms with Crippen LogP contribution in [0.3, 0.4) is 0 Å². The van der Waals surface area contributed by atoms with Gasteiger partial charge in [-0.25, -0.2) is 9.48 Å². The molecule has 6 nitrogen and oxygen atoms in total. The fourth-order valence-corrected chi connectivity index (χ4v) is 3.96. The number of hydrogen-bond donors (Lipinski definition) is 2. The summed E-state index contributed by atoms with van der Waals surface area (Å²) in [5, 5.41) is 18.8. The topological polar surface area (TPSA) is 84.2 Å². The van der Waals surface area contributed by atoms with E-state index >= 15 is 0 Å². The Morgan fingerprint density at radius 3 is 2.48 bits per heavy atom. The van der Waals surface area contributed by atoms with E-state index in [1.54, 1.807) is 40.5 Å². The van der Waals surface area contributed by atoms with Crippen LogP contribution in [0.2, 0.25) is 5.02 Å². The predicted octanol–water partition coefficient (Wildman–Crippen LogP) is 5.20. The number of halogens is 1. The van der Waals surface area contributed by atoms with Gasteiger partial charge >= 0.3 is 5.97 Å². The van der Waals surface area contributed by atoms with Gasteiger partial charge in [-0.15, -0.1) is 11.3 Å². The highest BCUT2D eigenvalue weighted by Crippen LogP contribution is 2.36. The van der Waals surface area contributed by atoms with Crippen molar-refractivity contribution >= 4 is 40.5 Å². The van der Waals surface area contributed by atoms with Crippen LogP contribution in [-0.2, 0) is 0 Å². The second kappa shape index (κ2) is 7.90. The first-order chi connectivity index (χ1) is 14.0. The minimum Gasteiger partial charge on any atom is -0.478 e. The normalized spacial score (nSPS) is 10.7. The van der Waals surface area contributed by atoms with Crippen LogP contribution in [0.5, 0.6) is 0 Å². The fourth-order valence-electron chi connectivity index (χ4n) is 2.83. The molecule has 2 aromatic heterocycles. The summed E-state index contributed by atoms with van der Waals surface area (Å²) in [5.41, 5.74) is 2.14. The molecule has 2 aromatic carbocycles. The number of nitrogens with zero attached hydrogens (tertiary/aromatic N) is 2. The molecule has 0 aliphatic carbocycles. The summed E-state index contributed by atoms with van der Waals surface area (Å²) in [7, 11) is 0. The third-order valence-corrected chi connectivity index (χ3v) is 5.51. The first kappa shape index (κ1) is 18.9. The molecule has 0 radical (unpaired) electrons. The Hall–Kier alpha value is -3.42. The summed E-state index contributed by atoms with van der Waals surface area (Å²) >= 11 is 7.16. The highest BCUT2D eigenvalue weighted by atomic mass is 35.5. The highest BCUT2D eigenvalue weighted by molar-refractivity contribution is 7.14. The number of carboxylic acid groups (broad SMARTS) is 1. The number of amides is 1. The van der Waals surface area contributed by atoms with Crippen LogP contribution < -0.4 is 5.32 Å². The number of rotatable bonds is 5. The van der Waals surface area contributed by atoms with Crippen molar-refractivity contribution in [1.82, 2.24) is 9.78 Å². The maximum atomic E-state index is 12.7. The molecule has 0 saturated carbocycles. The van der Waals surface area contributed by atoms with Crippen LogP contribution in [0.1, 0.15) is 20.7 Å². The van der Waals surface area contributed by atoms with Gasteiger partial charge in [0.1, 0.15) is 5.56 Å². The Balaban J connectivity index is 1.61. The van der Waals surface area contributed by atoms with E-state index in [0.717, 1.165) is 5.69 Å². The molecule has 0 atom stereocenters. The summed E-state index contributed by atoms with van der Waals surface area (Å²) in [5.74, 6) is -1.55. The molecule has 4 rings (SSSR count). The zero-order chi connectivity index (χ0) is 20.4. The van der Waals surface area contributed by atoms with Crippen LogP contribution in [0.4, 0.5) is 5.69 Å². The number of carboxylic acids is 1. The lowest BCUT2D eigenvalue weighted by molar-refractivity contribution is 0.0699. The summed E-state index contributed by atoms with van der Waals surface area (Å²) in [6, 6.07) is 16.3. The van der Waals surface area contributed by atoms with Gasteiger partial charge in [0.15, 0.2) is 0 Å². The van der Waals surface area contributed by atoms with Crippen LogP contribution in [-0.4, -0.2) is 26.8 Å². The van der Waals surface area contributed by atoms with Gasteiger partial charge in [0.2, 0.25) is 0 Å². The average Bonchev–Trinajstić information content (AvgIpc) is 3.37. The van der Waals surface area contributed by atoms with E-state index in [-0.39, 0.29) is 11.3 Å². The van der Waals surface area contributed by atoms with E-state index in [9.17, 15) is 14.7 Å². The van der Waals surface area contributed by atoms with Gasteiger partial charge in [-0.2, -0.15) is 5.10 Å². The number of thiophene rings is 1. The lowest BCUT2D eigenvalue weighted by atomic mass is 10.1. The molecule has 144 valence electrons. The van der Waals surface area contributed by atoms with Crippen molar-refractivity contribution in [2.24, 2.45) is 0 Å². The first-order valence-electron chi connectivity index (χ1n) is 8.55. The van der Waals surface area contributed by atoms with Crippen LogP contribution in [0.15, 0.2) is 72.4 Å². The molecule has 2 heterocycles. The number of carbonyl (C=O) groups excluding carboxylic acids is 1. The molecule has 2 N–H and O–H groups in total. The van der Waals surface area contributed by atoms with Crippen LogP contribution in [0, 0.1) is 0 Å². The first-order valence-corrected chi connectivity index (χ1v) is 9.81. The van der Waals surface area contributed by atoms with Gasteiger partial charge < -0.3 is 10.4 Å². The summed E-state index contributed by atoms with van der Waals surface area (Å²) < 4.78 is 1.58. The Kier molecular flexibility index (Phi) is 5.16. The van der Waals surface area contributed by atoms with Gasteiger partial charge in [0.05, 0.1) is 28.0 Å². The second-order valence-corrected chi connectivity index (χ2v) is 7.44. The average molecular weight is 424 g/mol. The molecule has 0 unspecified atom stereocenters. The molecular formula is C21H14ClN3O3S. The predicted molar refractivity (Wildman–Crippen MR) is 113 cm³/mol. The molecule has 0 fully saturated rings. The zero-order valence-electron chi connectivity index (χ0n) is 14.9. The molecule has 4 aromatic rings. The maximum absolute atomic E-state index is 12.7. The molecular weight excluding hydrogens is 410 g/mol. The number of anilines is 1. The fraction of sp³-hybridized carbons (Fsp3) is 0. The number of aromatic nitrogens is 2. The molecule has 8 heteroatoms. The standard InChI is InChI=1S/C21H14ClN3O3S/c22-15-8-6-13(7-9-15)19-18(21(27)28)17(12-29-19)24-20(26)14-10-23-25(11-14)16-4-2-1-3-5-16/h1-12H,(H,24,26)(H,27,28). The monoisotopic (exact) mass is 423 g/mol. The summed E-state index contributed by atoms with van der Waals surface area (Å²) in [6.45, 7) is 0. The maximum Gasteiger partial charge on any atom is 0.339 e. The van der Waals surface area contributed by atoms with E-state index in [0.29, 0.717) is 21.0 Å². The van der Waals surface area contributed by atoms with Crippen molar-refractivity contribution in [2.75, 3.05) is 5.32 Å². The quantitative estimate of drug-likeness (QED) is 0.461. The van der Waals surface area contributed by atoms with E-state index in [2.05, 4.69) is 10.4 Å². The number of carbonyl (C=O) groups is 2. The van der Waals surface area contributed by atoms with Crippen molar-refractivity contribution in [3.8, 4) is 16.1 Å².